The maximum atomic E-state index is 6.54. The van der Waals surface area contributed by atoms with Crippen LogP contribution in [0.5, 0.6) is 0 Å². The van der Waals surface area contributed by atoms with E-state index in [0.29, 0.717) is 0 Å². The molecule has 0 aliphatic heterocycles. The van der Waals surface area contributed by atoms with Crippen LogP contribution in [-0.4, -0.2) is 4.57 Å². The first kappa shape index (κ1) is 40.9. The molecule has 0 fully saturated rings. The molecule has 0 aliphatic rings. The summed E-state index contributed by atoms with van der Waals surface area (Å²) in [5.74, 6) is 0. The number of hydrogen-bond donors (Lipinski definition) is 0. The molecule has 0 N–H and O–H groups in total. The number of para-hydroxylation sites is 5. The zero-order valence-electron chi connectivity index (χ0n) is 38.2. The quantitative estimate of drug-likeness (QED) is 0.137. The maximum absolute atomic E-state index is 6.54. The van der Waals surface area contributed by atoms with Crippen LogP contribution in [0.2, 0.25) is 0 Å². The number of benzene rings is 11. The van der Waals surface area contributed by atoms with Crippen molar-refractivity contribution in [2.24, 2.45) is 0 Å². The van der Waals surface area contributed by atoms with Crippen molar-refractivity contribution in [2.75, 3.05) is 9.80 Å². The summed E-state index contributed by atoms with van der Waals surface area (Å²) in [6, 6.07) is 98.1. The summed E-state index contributed by atoms with van der Waals surface area (Å²) in [7, 11) is 0. The molecule has 0 radical (unpaired) electrons. The lowest BCUT2D eigenvalue weighted by atomic mass is 9.96. The summed E-state index contributed by atoms with van der Waals surface area (Å²) in [5.41, 5.74) is 18.1. The van der Waals surface area contributed by atoms with Crippen LogP contribution < -0.4 is 9.80 Å². The second-order valence-electron chi connectivity index (χ2n) is 17.7. The Morgan fingerprint density at radius 1 is 0.271 bits per heavy atom. The summed E-state index contributed by atoms with van der Waals surface area (Å²) in [6.07, 6.45) is 0. The molecular formula is C66H45N3O. The molecule has 0 spiro atoms. The third kappa shape index (κ3) is 7.27. The fourth-order valence-corrected chi connectivity index (χ4v) is 10.4. The molecule has 70 heavy (non-hydrogen) atoms. The van der Waals surface area contributed by atoms with Crippen molar-refractivity contribution in [3.05, 3.63) is 273 Å². The van der Waals surface area contributed by atoms with E-state index in [0.717, 1.165) is 106 Å². The van der Waals surface area contributed by atoms with Crippen LogP contribution in [-0.2, 0) is 0 Å². The lowest BCUT2D eigenvalue weighted by molar-refractivity contribution is 0.669. The number of fused-ring (bicyclic) bond motifs is 6. The summed E-state index contributed by atoms with van der Waals surface area (Å²) < 4.78 is 8.93. The lowest BCUT2D eigenvalue weighted by Gasteiger charge is -2.31. The van der Waals surface area contributed by atoms with Gasteiger partial charge in [0.2, 0.25) is 0 Å². The van der Waals surface area contributed by atoms with Gasteiger partial charge >= 0.3 is 0 Å². The van der Waals surface area contributed by atoms with Crippen molar-refractivity contribution < 1.29 is 4.42 Å². The predicted molar refractivity (Wildman–Crippen MR) is 294 cm³/mol. The lowest BCUT2D eigenvalue weighted by Crippen LogP contribution is -2.14. The Bertz CT molecular complexity index is 3900. The monoisotopic (exact) mass is 895 g/mol. The van der Waals surface area contributed by atoms with Crippen LogP contribution in [0.1, 0.15) is 0 Å². The third-order valence-corrected chi connectivity index (χ3v) is 13.5. The second kappa shape index (κ2) is 17.4. The molecule has 13 aromatic rings. The molecule has 330 valence electrons. The number of rotatable bonds is 10. The van der Waals surface area contributed by atoms with Crippen LogP contribution in [0.3, 0.4) is 0 Å². The molecule has 13 rings (SSSR count). The first-order valence-electron chi connectivity index (χ1n) is 23.8. The van der Waals surface area contributed by atoms with E-state index in [1.807, 2.05) is 6.07 Å². The Kier molecular flexibility index (Phi) is 10.1. The fourth-order valence-electron chi connectivity index (χ4n) is 10.4. The maximum Gasteiger partial charge on any atom is 0.136 e. The highest BCUT2D eigenvalue weighted by atomic mass is 16.3. The molecule has 0 atom stereocenters. The first-order chi connectivity index (χ1) is 34.7. The van der Waals surface area contributed by atoms with E-state index in [1.54, 1.807) is 0 Å². The smallest absolute Gasteiger partial charge is 0.136 e. The van der Waals surface area contributed by atoms with E-state index >= 15 is 0 Å². The Hall–Kier alpha value is -9.38. The molecule has 4 heteroatoms. The summed E-state index contributed by atoms with van der Waals surface area (Å²) in [6.45, 7) is 0. The van der Waals surface area contributed by atoms with Gasteiger partial charge in [-0.2, -0.15) is 0 Å². The van der Waals surface area contributed by atoms with Crippen LogP contribution in [0.4, 0.5) is 34.1 Å². The van der Waals surface area contributed by atoms with Crippen LogP contribution in [0, 0.1) is 0 Å². The molecule has 2 aromatic heterocycles. The van der Waals surface area contributed by atoms with Gasteiger partial charge in [-0.3, -0.25) is 0 Å². The molecular weight excluding hydrogens is 851 g/mol. The van der Waals surface area contributed by atoms with Crippen molar-refractivity contribution in [3.63, 3.8) is 0 Å². The molecule has 0 unspecified atom stereocenters. The second-order valence-corrected chi connectivity index (χ2v) is 17.7. The van der Waals surface area contributed by atoms with Gasteiger partial charge in [-0.1, -0.05) is 164 Å². The zero-order valence-corrected chi connectivity index (χ0v) is 38.2. The number of aromatic nitrogens is 1. The largest absolute Gasteiger partial charge is 0.456 e. The van der Waals surface area contributed by atoms with Gasteiger partial charge in [0.15, 0.2) is 0 Å². The van der Waals surface area contributed by atoms with E-state index < -0.39 is 0 Å². The van der Waals surface area contributed by atoms with Gasteiger partial charge in [-0.25, -0.2) is 0 Å². The highest BCUT2D eigenvalue weighted by Crippen LogP contribution is 2.48. The number of hydrogen-bond acceptors (Lipinski definition) is 3. The van der Waals surface area contributed by atoms with E-state index in [4.69, 9.17) is 4.42 Å². The average Bonchev–Trinajstić information content (AvgIpc) is 3.98. The van der Waals surface area contributed by atoms with Crippen molar-refractivity contribution in [1.82, 2.24) is 4.57 Å². The van der Waals surface area contributed by atoms with E-state index in [-0.39, 0.29) is 0 Å². The van der Waals surface area contributed by atoms with E-state index in [9.17, 15) is 0 Å². The van der Waals surface area contributed by atoms with Crippen LogP contribution in [0.15, 0.2) is 277 Å². The van der Waals surface area contributed by atoms with Gasteiger partial charge in [0.25, 0.3) is 0 Å². The first-order valence-corrected chi connectivity index (χ1v) is 23.8. The molecule has 11 aromatic carbocycles. The van der Waals surface area contributed by atoms with Crippen molar-refractivity contribution in [1.29, 1.82) is 0 Å². The molecule has 0 amide bonds. The van der Waals surface area contributed by atoms with Gasteiger partial charge in [-0.15, -0.1) is 0 Å². The minimum absolute atomic E-state index is 0.855. The molecule has 0 saturated carbocycles. The summed E-state index contributed by atoms with van der Waals surface area (Å²) in [5, 5.41) is 4.54. The average molecular weight is 896 g/mol. The standard InChI is InChI=1S/C66H45N3O/c1-6-21-46(22-7-1)48-39-49(47-23-8-2-9-24-47)41-55(40-48)68(54-37-38-63-61(45-54)59-31-16-18-34-62(59)69(63)53-29-14-5-15-30-53)57-43-50(58-33-20-36-65-66(58)60-32-17-19-35-64(60)70-65)42-56(44-57)67(51-25-10-3-11-26-51)52-27-12-4-13-28-52/h1-45H. The van der Waals surface area contributed by atoms with E-state index in [2.05, 4.69) is 281 Å². The molecule has 0 bridgehead atoms. The Labute approximate surface area is 406 Å². The topological polar surface area (TPSA) is 24.6 Å². The third-order valence-electron chi connectivity index (χ3n) is 13.5. The summed E-state index contributed by atoms with van der Waals surface area (Å²) >= 11 is 0. The highest BCUT2D eigenvalue weighted by molar-refractivity contribution is 6.13. The van der Waals surface area contributed by atoms with Gasteiger partial charge in [0.1, 0.15) is 11.2 Å². The number of nitrogens with zero attached hydrogens (tertiary/aromatic N) is 3. The highest BCUT2D eigenvalue weighted by Gasteiger charge is 2.24. The number of anilines is 6. The van der Waals surface area contributed by atoms with Crippen molar-refractivity contribution >= 4 is 77.9 Å². The minimum Gasteiger partial charge on any atom is -0.456 e. The van der Waals surface area contributed by atoms with Gasteiger partial charge < -0.3 is 18.8 Å². The Morgan fingerprint density at radius 3 is 1.40 bits per heavy atom. The Balaban J connectivity index is 1.14. The predicted octanol–water partition coefficient (Wildman–Crippen LogP) is 18.6. The van der Waals surface area contributed by atoms with Gasteiger partial charge in [0, 0.05) is 61.4 Å². The van der Waals surface area contributed by atoms with Crippen molar-refractivity contribution in [3.8, 4) is 39.1 Å². The molecule has 0 aliphatic carbocycles. The fraction of sp³-hybridized carbons (Fsp3) is 0. The van der Waals surface area contributed by atoms with Gasteiger partial charge in [-0.05, 0) is 143 Å². The number of furan rings is 1. The van der Waals surface area contributed by atoms with Crippen LogP contribution in [0.25, 0.3) is 82.8 Å². The Morgan fingerprint density at radius 2 is 0.757 bits per heavy atom. The van der Waals surface area contributed by atoms with Crippen LogP contribution >= 0.6 is 0 Å². The SMILES string of the molecule is c1ccc(-c2cc(-c3ccccc3)cc(N(c3cc(-c4cccc5oc6ccccc6c45)cc(N(c4ccccc4)c4ccccc4)c3)c3ccc4c(c3)c3ccccc3n4-c3ccccc3)c2)cc1. The molecule has 4 nitrogen and oxygen atoms in total. The molecule has 0 saturated heterocycles. The van der Waals surface area contributed by atoms with Crippen molar-refractivity contribution in [2.45, 2.75) is 0 Å². The van der Waals surface area contributed by atoms with Gasteiger partial charge in [0.05, 0.1) is 11.0 Å². The normalized spacial score (nSPS) is 11.4. The minimum atomic E-state index is 0.855. The molecule has 2 heterocycles. The summed E-state index contributed by atoms with van der Waals surface area (Å²) in [4.78, 5) is 4.83. The van der Waals surface area contributed by atoms with E-state index in [1.165, 1.54) is 10.8 Å². The zero-order chi connectivity index (χ0) is 46.4.